The number of aromatic amines is 1. The van der Waals surface area contributed by atoms with Crippen LogP contribution in [0.5, 0.6) is 0 Å². The molecule has 24 heavy (non-hydrogen) atoms. The number of rotatable bonds is 5. The number of aromatic nitrogens is 2. The van der Waals surface area contributed by atoms with Crippen molar-refractivity contribution >= 4 is 15.9 Å². The highest BCUT2D eigenvalue weighted by Crippen LogP contribution is 2.31. The molecule has 2 aromatic rings. The third kappa shape index (κ3) is 3.51. The second-order valence-electron chi connectivity index (χ2n) is 5.49. The van der Waals surface area contributed by atoms with E-state index in [-0.39, 0.29) is 0 Å². The zero-order chi connectivity index (χ0) is 17.1. The molecule has 128 valence electrons. The number of hydrogen-bond acceptors (Lipinski definition) is 5. The molecule has 0 bridgehead atoms. The van der Waals surface area contributed by atoms with Crippen LogP contribution in [-0.2, 0) is 16.1 Å². The van der Waals surface area contributed by atoms with E-state index in [9.17, 15) is 14.7 Å². The van der Waals surface area contributed by atoms with Crippen LogP contribution >= 0.6 is 15.9 Å². The average Bonchev–Trinajstić information content (AvgIpc) is 2.90. The van der Waals surface area contributed by atoms with Crippen molar-refractivity contribution in [3.05, 3.63) is 69.0 Å². The smallest absolute Gasteiger partial charge is 0.330 e. The predicted molar refractivity (Wildman–Crippen MR) is 90.1 cm³/mol. The summed E-state index contributed by atoms with van der Waals surface area (Å²) in [5.41, 5.74) is -0.163. The predicted octanol–water partition coefficient (Wildman–Crippen LogP) is 0.775. The lowest BCUT2D eigenvalue weighted by Crippen LogP contribution is -2.38. The number of ether oxygens (including phenoxy) is 2. The summed E-state index contributed by atoms with van der Waals surface area (Å²) in [6.07, 6.45) is -1.68. The molecule has 2 heterocycles. The number of aliphatic hydroxyl groups excluding tert-OH is 1. The molecule has 1 fully saturated rings. The van der Waals surface area contributed by atoms with Gasteiger partial charge in [0.1, 0.15) is 12.2 Å². The van der Waals surface area contributed by atoms with Crippen molar-refractivity contribution in [2.24, 2.45) is 0 Å². The van der Waals surface area contributed by atoms with Crippen LogP contribution in [0.15, 0.2) is 52.2 Å². The second-order valence-corrected chi connectivity index (χ2v) is 6.14. The monoisotopic (exact) mass is 396 g/mol. The fourth-order valence-corrected chi connectivity index (χ4v) is 3.19. The summed E-state index contributed by atoms with van der Waals surface area (Å²) in [5.74, 6) is 0. The van der Waals surface area contributed by atoms with Gasteiger partial charge in [-0.1, -0.05) is 46.3 Å². The van der Waals surface area contributed by atoms with Crippen LogP contribution in [0.1, 0.15) is 11.8 Å². The SMILES string of the molecule is O=c1ccn([C@@H]2O[C@H](CBr)[C@@H](OCc3ccccc3)[C@H]2O)c(=O)[nH]1. The molecule has 1 aliphatic rings. The van der Waals surface area contributed by atoms with Crippen LogP contribution < -0.4 is 11.2 Å². The molecule has 1 aromatic heterocycles. The van der Waals surface area contributed by atoms with Crippen molar-refractivity contribution in [3.63, 3.8) is 0 Å². The highest BCUT2D eigenvalue weighted by atomic mass is 79.9. The molecule has 8 heteroatoms. The normalized spacial score (nSPS) is 26.6. The average molecular weight is 397 g/mol. The van der Waals surface area contributed by atoms with E-state index < -0.39 is 35.8 Å². The molecule has 0 unspecified atom stereocenters. The van der Waals surface area contributed by atoms with Gasteiger partial charge in [0.2, 0.25) is 0 Å². The van der Waals surface area contributed by atoms with E-state index in [1.165, 1.54) is 12.3 Å². The van der Waals surface area contributed by atoms with Crippen LogP contribution in [0.2, 0.25) is 0 Å². The lowest BCUT2D eigenvalue weighted by molar-refractivity contribution is -0.0432. The first-order chi connectivity index (χ1) is 11.6. The number of alkyl halides is 1. The van der Waals surface area contributed by atoms with Crippen LogP contribution in [0, 0.1) is 0 Å². The van der Waals surface area contributed by atoms with Gasteiger partial charge in [-0.25, -0.2) is 4.79 Å². The maximum absolute atomic E-state index is 11.9. The van der Waals surface area contributed by atoms with E-state index in [2.05, 4.69) is 20.9 Å². The first-order valence-electron chi connectivity index (χ1n) is 7.46. The van der Waals surface area contributed by atoms with Crippen LogP contribution in [-0.4, -0.2) is 38.3 Å². The minimum absolute atomic E-state index is 0.322. The summed E-state index contributed by atoms with van der Waals surface area (Å²) in [4.78, 5) is 25.2. The Labute approximate surface area is 146 Å². The first-order valence-corrected chi connectivity index (χ1v) is 8.59. The Hall–Kier alpha value is -1.74. The third-order valence-electron chi connectivity index (χ3n) is 3.87. The Morgan fingerprint density at radius 1 is 1.25 bits per heavy atom. The van der Waals surface area contributed by atoms with E-state index in [4.69, 9.17) is 9.47 Å². The molecule has 0 saturated carbocycles. The van der Waals surface area contributed by atoms with Gasteiger partial charge >= 0.3 is 5.69 Å². The van der Waals surface area contributed by atoms with Gasteiger partial charge < -0.3 is 14.6 Å². The number of H-pyrrole nitrogens is 1. The molecular weight excluding hydrogens is 380 g/mol. The molecule has 4 atom stereocenters. The minimum Gasteiger partial charge on any atom is -0.386 e. The minimum atomic E-state index is -1.04. The van der Waals surface area contributed by atoms with E-state index in [0.717, 1.165) is 10.1 Å². The van der Waals surface area contributed by atoms with Gasteiger partial charge in [0.25, 0.3) is 5.56 Å². The molecule has 0 spiro atoms. The molecule has 3 rings (SSSR count). The van der Waals surface area contributed by atoms with Crippen molar-refractivity contribution < 1.29 is 14.6 Å². The number of halogens is 1. The summed E-state index contributed by atoms with van der Waals surface area (Å²) < 4.78 is 12.7. The Kier molecular flexibility index (Phi) is 5.30. The molecule has 2 N–H and O–H groups in total. The van der Waals surface area contributed by atoms with Gasteiger partial charge in [-0.15, -0.1) is 0 Å². The van der Waals surface area contributed by atoms with Crippen LogP contribution in [0.3, 0.4) is 0 Å². The van der Waals surface area contributed by atoms with Crippen molar-refractivity contribution in [2.75, 3.05) is 5.33 Å². The quantitative estimate of drug-likeness (QED) is 0.728. The van der Waals surface area contributed by atoms with E-state index >= 15 is 0 Å². The Bertz CT molecular complexity index is 791. The van der Waals surface area contributed by atoms with Crippen LogP contribution in [0.25, 0.3) is 0 Å². The standard InChI is InChI=1S/C16H17BrN2O5/c17-8-11-14(23-9-10-4-2-1-3-5-10)13(21)15(24-11)19-7-6-12(20)18-16(19)22/h1-7,11,13-15,21H,8-9H2,(H,18,20,22)/t11-,13-,14-,15-/m1/s1. The number of nitrogens with one attached hydrogen (secondary N) is 1. The highest BCUT2D eigenvalue weighted by molar-refractivity contribution is 9.09. The summed E-state index contributed by atoms with van der Waals surface area (Å²) in [5, 5.41) is 11.0. The molecule has 0 amide bonds. The summed E-state index contributed by atoms with van der Waals surface area (Å²) >= 11 is 3.34. The Morgan fingerprint density at radius 3 is 2.67 bits per heavy atom. The number of aliphatic hydroxyl groups is 1. The number of hydrogen-bond donors (Lipinski definition) is 2. The maximum Gasteiger partial charge on any atom is 0.330 e. The lowest BCUT2D eigenvalue weighted by atomic mass is 10.1. The third-order valence-corrected chi connectivity index (χ3v) is 4.51. The van der Waals surface area contributed by atoms with Gasteiger partial charge in [0.15, 0.2) is 6.23 Å². The van der Waals surface area contributed by atoms with E-state index in [1.807, 2.05) is 30.3 Å². The molecule has 1 aromatic carbocycles. The second kappa shape index (κ2) is 7.43. The molecule has 7 nitrogen and oxygen atoms in total. The van der Waals surface area contributed by atoms with Crippen molar-refractivity contribution in [1.29, 1.82) is 0 Å². The largest absolute Gasteiger partial charge is 0.386 e. The van der Waals surface area contributed by atoms with Crippen molar-refractivity contribution in [3.8, 4) is 0 Å². The summed E-state index contributed by atoms with van der Waals surface area (Å²) in [7, 11) is 0. The molecule has 1 aliphatic heterocycles. The number of nitrogens with zero attached hydrogens (tertiary/aromatic N) is 1. The molecular formula is C16H17BrN2O5. The van der Waals surface area contributed by atoms with Crippen LogP contribution in [0.4, 0.5) is 0 Å². The van der Waals surface area contributed by atoms with E-state index in [0.29, 0.717) is 11.9 Å². The Morgan fingerprint density at radius 2 is 2.00 bits per heavy atom. The van der Waals surface area contributed by atoms with Gasteiger partial charge in [-0.3, -0.25) is 14.3 Å². The van der Waals surface area contributed by atoms with Gasteiger partial charge in [-0.05, 0) is 5.56 Å². The highest BCUT2D eigenvalue weighted by Gasteiger charge is 2.45. The zero-order valence-corrected chi connectivity index (χ0v) is 14.3. The number of benzene rings is 1. The maximum atomic E-state index is 11.9. The zero-order valence-electron chi connectivity index (χ0n) is 12.7. The van der Waals surface area contributed by atoms with Gasteiger partial charge in [-0.2, -0.15) is 0 Å². The molecule has 0 radical (unpaired) electrons. The fourth-order valence-electron chi connectivity index (χ4n) is 2.67. The Balaban J connectivity index is 1.78. The first kappa shape index (κ1) is 17.1. The van der Waals surface area contributed by atoms with Crippen molar-refractivity contribution in [1.82, 2.24) is 9.55 Å². The van der Waals surface area contributed by atoms with Crippen molar-refractivity contribution in [2.45, 2.75) is 31.1 Å². The van der Waals surface area contributed by atoms with Gasteiger partial charge in [0, 0.05) is 17.6 Å². The fraction of sp³-hybridized carbons (Fsp3) is 0.375. The topological polar surface area (TPSA) is 93.5 Å². The van der Waals surface area contributed by atoms with Gasteiger partial charge in [0.05, 0.1) is 12.7 Å². The van der Waals surface area contributed by atoms with E-state index in [1.54, 1.807) is 0 Å². The summed E-state index contributed by atoms with van der Waals surface area (Å²) in [6, 6.07) is 10.8. The molecule has 0 aliphatic carbocycles. The molecule has 1 saturated heterocycles. The summed E-state index contributed by atoms with van der Waals surface area (Å²) in [6.45, 7) is 0.322. The lowest BCUT2D eigenvalue weighted by Gasteiger charge is -2.20.